The number of carbonyl (C=O) groups excluding carboxylic acids is 1. The Kier molecular flexibility index (Phi) is 5.05. The van der Waals surface area contributed by atoms with E-state index in [0.29, 0.717) is 11.5 Å². The molecule has 0 bridgehead atoms. The molecule has 0 aromatic heterocycles. The Labute approximate surface area is 167 Å². The van der Waals surface area contributed by atoms with Gasteiger partial charge in [0, 0.05) is 18.1 Å². The Bertz CT molecular complexity index is 964. The first-order valence-corrected chi connectivity index (χ1v) is 9.72. The first-order valence-electron chi connectivity index (χ1n) is 9.72. The topological polar surface area (TPSA) is 54.4 Å². The SMILES string of the molecule is CC1C(C)(C)c2ccc(C(=O)Cc3ccccc3/C=C/C(=O)O)cc2C1(C)C. The zero-order chi connectivity index (χ0) is 20.7. The van der Waals surface area contributed by atoms with Crippen molar-refractivity contribution in [2.75, 3.05) is 0 Å². The third-order valence-electron chi connectivity index (χ3n) is 6.71. The number of rotatable bonds is 5. The lowest BCUT2D eigenvalue weighted by molar-refractivity contribution is -0.131. The van der Waals surface area contributed by atoms with E-state index in [2.05, 4.69) is 46.8 Å². The zero-order valence-corrected chi connectivity index (χ0v) is 17.2. The molecule has 1 aliphatic carbocycles. The van der Waals surface area contributed by atoms with Gasteiger partial charge in [-0.1, -0.05) is 71.0 Å². The quantitative estimate of drug-likeness (QED) is 0.560. The Balaban J connectivity index is 1.93. The highest BCUT2D eigenvalue weighted by atomic mass is 16.4. The molecule has 0 amide bonds. The molecular formula is C25H28O3. The molecule has 0 radical (unpaired) electrons. The van der Waals surface area contributed by atoms with E-state index < -0.39 is 5.97 Å². The summed E-state index contributed by atoms with van der Waals surface area (Å²) >= 11 is 0. The second-order valence-electron chi connectivity index (χ2n) is 8.90. The number of hydrogen-bond donors (Lipinski definition) is 1. The Hall–Kier alpha value is -2.68. The standard InChI is InChI=1S/C25H28O3/c1-16-24(2,3)20-12-10-19(14-21(20)25(16,4)5)22(26)15-18-9-7-6-8-17(18)11-13-23(27)28/h6-14,16H,15H2,1-5H3,(H,27,28)/b13-11+. The fourth-order valence-corrected chi connectivity index (χ4v) is 4.48. The summed E-state index contributed by atoms with van der Waals surface area (Å²) in [7, 11) is 0. The van der Waals surface area contributed by atoms with Crippen LogP contribution in [0, 0.1) is 5.92 Å². The first-order chi connectivity index (χ1) is 13.0. The van der Waals surface area contributed by atoms with Crippen molar-refractivity contribution in [3.8, 4) is 0 Å². The highest BCUT2D eigenvalue weighted by Gasteiger charge is 2.48. The van der Waals surface area contributed by atoms with Crippen LogP contribution in [0.1, 0.15) is 67.2 Å². The molecule has 3 heteroatoms. The van der Waals surface area contributed by atoms with Gasteiger partial charge in [0.2, 0.25) is 0 Å². The molecule has 1 unspecified atom stereocenters. The summed E-state index contributed by atoms with van der Waals surface area (Å²) in [6.07, 6.45) is 2.89. The number of benzene rings is 2. The maximum atomic E-state index is 13.0. The molecule has 2 aromatic carbocycles. The Morgan fingerprint density at radius 3 is 2.32 bits per heavy atom. The van der Waals surface area contributed by atoms with Crippen LogP contribution in [0.2, 0.25) is 0 Å². The third-order valence-corrected chi connectivity index (χ3v) is 6.71. The van der Waals surface area contributed by atoms with Crippen molar-refractivity contribution in [2.45, 2.75) is 51.9 Å². The summed E-state index contributed by atoms with van der Waals surface area (Å²) in [5.41, 5.74) is 4.98. The van der Waals surface area contributed by atoms with Gasteiger partial charge in [0.15, 0.2) is 5.78 Å². The maximum Gasteiger partial charge on any atom is 0.328 e. The number of carboxylic acids is 1. The number of carbonyl (C=O) groups is 2. The van der Waals surface area contributed by atoms with E-state index >= 15 is 0 Å². The second kappa shape index (κ2) is 7.05. The van der Waals surface area contributed by atoms with Crippen molar-refractivity contribution in [3.05, 3.63) is 76.4 Å². The van der Waals surface area contributed by atoms with Crippen LogP contribution in [0.4, 0.5) is 0 Å². The summed E-state index contributed by atoms with van der Waals surface area (Å²) in [6.45, 7) is 11.3. The van der Waals surface area contributed by atoms with Gasteiger partial charge in [-0.2, -0.15) is 0 Å². The van der Waals surface area contributed by atoms with Gasteiger partial charge in [-0.15, -0.1) is 0 Å². The predicted octanol–water partition coefficient (Wildman–Crippen LogP) is 5.41. The average molecular weight is 376 g/mol. The van der Waals surface area contributed by atoms with Gasteiger partial charge in [-0.25, -0.2) is 4.79 Å². The molecule has 146 valence electrons. The minimum atomic E-state index is -1.00. The summed E-state index contributed by atoms with van der Waals surface area (Å²) in [6, 6.07) is 13.5. The van der Waals surface area contributed by atoms with Crippen LogP contribution in [0.3, 0.4) is 0 Å². The fraction of sp³-hybridized carbons (Fsp3) is 0.360. The minimum Gasteiger partial charge on any atom is -0.478 e. The average Bonchev–Trinajstić information content (AvgIpc) is 2.78. The van der Waals surface area contributed by atoms with Crippen LogP contribution in [0.5, 0.6) is 0 Å². The number of ketones is 1. The van der Waals surface area contributed by atoms with E-state index in [1.54, 1.807) is 6.08 Å². The highest BCUT2D eigenvalue weighted by molar-refractivity contribution is 5.98. The Morgan fingerprint density at radius 1 is 1.00 bits per heavy atom. The number of hydrogen-bond acceptors (Lipinski definition) is 2. The largest absolute Gasteiger partial charge is 0.478 e. The number of fused-ring (bicyclic) bond motifs is 1. The smallest absolute Gasteiger partial charge is 0.328 e. The molecule has 3 rings (SSSR count). The molecule has 0 fully saturated rings. The summed E-state index contributed by atoms with van der Waals surface area (Å²) in [5, 5.41) is 8.87. The molecule has 1 N–H and O–H groups in total. The van der Waals surface area contributed by atoms with Crippen LogP contribution in [0.15, 0.2) is 48.5 Å². The van der Waals surface area contributed by atoms with Crippen molar-refractivity contribution in [1.29, 1.82) is 0 Å². The van der Waals surface area contributed by atoms with E-state index in [4.69, 9.17) is 5.11 Å². The van der Waals surface area contributed by atoms with E-state index in [9.17, 15) is 9.59 Å². The van der Waals surface area contributed by atoms with Crippen LogP contribution in [-0.4, -0.2) is 16.9 Å². The lowest BCUT2D eigenvalue weighted by Gasteiger charge is -2.32. The van der Waals surface area contributed by atoms with Gasteiger partial charge in [0.25, 0.3) is 0 Å². The summed E-state index contributed by atoms with van der Waals surface area (Å²) < 4.78 is 0. The highest BCUT2D eigenvalue weighted by Crippen LogP contribution is 2.53. The van der Waals surface area contributed by atoms with Gasteiger partial charge in [-0.3, -0.25) is 4.79 Å². The van der Waals surface area contributed by atoms with Crippen LogP contribution >= 0.6 is 0 Å². The molecule has 2 aromatic rings. The zero-order valence-electron chi connectivity index (χ0n) is 17.2. The van der Waals surface area contributed by atoms with Gasteiger partial charge < -0.3 is 5.11 Å². The first kappa shape index (κ1) is 20.1. The molecule has 0 aliphatic heterocycles. The van der Waals surface area contributed by atoms with Gasteiger partial charge >= 0.3 is 5.97 Å². The normalized spacial score (nSPS) is 19.5. The van der Waals surface area contributed by atoms with Gasteiger partial charge in [-0.05, 0) is 51.1 Å². The van der Waals surface area contributed by atoms with Crippen LogP contribution < -0.4 is 0 Å². The molecule has 3 nitrogen and oxygen atoms in total. The molecule has 0 saturated carbocycles. The fourth-order valence-electron chi connectivity index (χ4n) is 4.48. The summed E-state index contributed by atoms with van der Waals surface area (Å²) in [4.78, 5) is 23.8. The lowest BCUT2D eigenvalue weighted by Crippen LogP contribution is -2.30. The molecule has 0 spiro atoms. The van der Waals surface area contributed by atoms with Gasteiger partial charge in [0.1, 0.15) is 0 Å². The van der Waals surface area contributed by atoms with Crippen molar-refractivity contribution in [3.63, 3.8) is 0 Å². The van der Waals surface area contributed by atoms with Crippen molar-refractivity contribution < 1.29 is 14.7 Å². The molecule has 28 heavy (non-hydrogen) atoms. The van der Waals surface area contributed by atoms with E-state index in [1.807, 2.05) is 30.3 Å². The molecular weight excluding hydrogens is 348 g/mol. The van der Waals surface area contributed by atoms with E-state index in [0.717, 1.165) is 17.2 Å². The molecule has 1 aliphatic rings. The third kappa shape index (κ3) is 3.42. The second-order valence-corrected chi connectivity index (χ2v) is 8.90. The predicted molar refractivity (Wildman–Crippen MR) is 113 cm³/mol. The number of Topliss-reactive ketones (excluding diaryl/α,β-unsaturated/α-hetero) is 1. The van der Waals surface area contributed by atoms with Crippen molar-refractivity contribution in [1.82, 2.24) is 0 Å². The van der Waals surface area contributed by atoms with Crippen LogP contribution in [0.25, 0.3) is 6.08 Å². The van der Waals surface area contributed by atoms with Crippen molar-refractivity contribution in [2.24, 2.45) is 5.92 Å². The molecule has 1 atom stereocenters. The Morgan fingerprint density at radius 2 is 1.64 bits per heavy atom. The number of carboxylic acid groups (broad SMARTS) is 1. The minimum absolute atomic E-state index is 0.0112. The maximum absolute atomic E-state index is 13.0. The lowest BCUT2D eigenvalue weighted by atomic mass is 9.71. The number of aliphatic carboxylic acids is 1. The van der Waals surface area contributed by atoms with Gasteiger partial charge in [0.05, 0.1) is 0 Å². The van der Waals surface area contributed by atoms with Crippen LogP contribution in [-0.2, 0) is 22.0 Å². The summed E-state index contributed by atoms with van der Waals surface area (Å²) in [5.74, 6) is -0.479. The van der Waals surface area contributed by atoms with E-state index in [1.165, 1.54) is 11.1 Å². The molecule has 0 heterocycles. The van der Waals surface area contributed by atoms with Crippen molar-refractivity contribution >= 4 is 17.8 Å². The monoisotopic (exact) mass is 376 g/mol. The molecule has 0 saturated heterocycles. The van der Waals surface area contributed by atoms with E-state index in [-0.39, 0.29) is 23.0 Å².